The monoisotopic (exact) mass is 445 g/mol. The first kappa shape index (κ1) is 19.7. The van der Waals surface area contributed by atoms with E-state index >= 15 is 0 Å². The van der Waals surface area contributed by atoms with Crippen molar-refractivity contribution in [1.29, 1.82) is 0 Å². The lowest BCUT2D eigenvalue weighted by Crippen LogP contribution is -2.37. The van der Waals surface area contributed by atoms with Gasteiger partial charge >= 0.3 is 0 Å². The summed E-state index contributed by atoms with van der Waals surface area (Å²) in [6, 6.07) is 14.9. The average Bonchev–Trinajstić information content (AvgIpc) is 3.21. The van der Waals surface area contributed by atoms with E-state index in [1.54, 1.807) is 0 Å². The van der Waals surface area contributed by atoms with Crippen molar-refractivity contribution in [1.82, 2.24) is 19.7 Å². The summed E-state index contributed by atoms with van der Waals surface area (Å²) in [4.78, 5) is 12.0. The molecule has 32 heavy (non-hydrogen) atoms. The van der Waals surface area contributed by atoms with E-state index in [1.165, 1.54) is 24.8 Å². The molecule has 7 heteroatoms. The summed E-state index contributed by atoms with van der Waals surface area (Å²) in [6.07, 6.45) is 7.58. The normalized spacial score (nSPS) is 17.0. The van der Waals surface area contributed by atoms with Crippen molar-refractivity contribution in [2.75, 3.05) is 31.2 Å². The van der Waals surface area contributed by atoms with E-state index in [1.807, 2.05) is 36.7 Å². The molecule has 2 aromatic carbocycles. The molecule has 162 valence electrons. The van der Waals surface area contributed by atoms with Gasteiger partial charge < -0.3 is 9.64 Å². The fourth-order valence-corrected chi connectivity index (χ4v) is 4.58. The lowest BCUT2D eigenvalue weighted by Gasteiger charge is -2.27. The highest BCUT2D eigenvalue weighted by Crippen LogP contribution is 2.37. The zero-order valence-electron chi connectivity index (χ0n) is 17.7. The Morgan fingerprint density at radius 1 is 0.938 bits per heavy atom. The minimum absolute atomic E-state index is 0.507. The van der Waals surface area contributed by atoms with Crippen molar-refractivity contribution in [3.05, 3.63) is 59.9 Å². The number of rotatable bonds is 4. The Morgan fingerprint density at radius 3 is 2.47 bits per heavy atom. The van der Waals surface area contributed by atoms with Gasteiger partial charge in [-0.05, 0) is 43.0 Å². The molecule has 1 aliphatic heterocycles. The number of aromatic nitrogens is 4. The lowest BCUT2D eigenvalue weighted by molar-refractivity contribution is 0.122. The smallest absolute Gasteiger partial charge is 0.226 e. The molecule has 0 amide bonds. The molecular weight excluding hydrogens is 422 g/mol. The summed E-state index contributed by atoms with van der Waals surface area (Å²) in [5.41, 5.74) is 5.20. The number of halogens is 1. The minimum atomic E-state index is 0.507. The minimum Gasteiger partial charge on any atom is -0.378 e. The van der Waals surface area contributed by atoms with Crippen molar-refractivity contribution >= 4 is 28.5 Å². The molecular formula is C25H24ClN5O. The van der Waals surface area contributed by atoms with E-state index < -0.39 is 0 Å². The van der Waals surface area contributed by atoms with Crippen molar-refractivity contribution in [2.24, 2.45) is 0 Å². The zero-order valence-corrected chi connectivity index (χ0v) is 18.5. The highest BCUT2D eigenvalue weighted by atomic mass is 35.5. The maximum absolute atomic E-state index is 6.14. The van der Waals surface area contributed by atoms with Gasteiger partial charge in [0.2, 0.25) is 5.95 Å². The third-order valence-electron chi connectivity index (χ3n) is 6.52. The maximum atomic E-state index is 6.14. The van der Waals surface area contributed by atoms with Gasteiger partial charge in [0.15, 0.2) is 0 Å². The molecule has 6 rings (SSSR count). The molecule has 6 nitrogen and oxygen atoms in total. The number of hydrogen-bond acceptors (Lipinski definition) is 5. The average molecular weight is 446 g/mol. The topological polar surface area (TPSA) is 56.1 Å². The predicted molar refractivity (Wildman–Crippen MR) is 127 cm³/mol. The van der Waals surface area contributed by atoms with Gasteiger partial charge in [-0.15, -0.1) is 0 Å². The molecule has 2 fully saturated rings. The van der Waals surface area contributed by atoms with Gasteiger partial charge in [-0.1, -0.05) is 35.9 Å². The molecule has 0 N–H and O–H groups in total. The Bertz CT molecular complexity index is 1260. The first-order valence-corrected chi connectivity index (χ1v) is 11.6. The number of hydrogen-bond donors (Lipinski definition) is 0. The highest BCUT2D eigenvalue weighted by Gasteiger charge is 2.23. The number of nitrogens with zero attached hydrogens (tertiary/aromatic N) is 5. The van der Waals surface area contributed by atoms with Gasteiger partial charge in [0.05, 0.1) is 36.7 Å². The summed E-state index contributed by atoms with van der Waals surface area (Å²) >= 11 is 6.14. The maximum Gasteiger partial charge on any atom is 0.226 e. The van der Waals surface area contributed by atoms with Gasteiger partial charge in [0, 0.05) is 40.8 Å². The summed E-state index contributed by atoms with van der Waals surface area (Å²) in [6.45, 7) is 2.99. The van der Waals surface area contributed by atoms with E-state index in [4.69, 9.17) is 26.3 Å². The first-order chi connectivity index (χ1) is 15.8. The van der Waals surface area contributed by atoms with Crippen molar-refractivity contribution in [3.8, 4) is 22.4 Å². The predicted octanol–water partition coefficient (Wildman–Crippen LogP) is 5.38. The molecule has 2 aliphatic rings. The van der Waals surface area contributed by atoms with E-state index in [9.17, 15) is 0 Å². The van der Waals surface area contributed by atoms with Crippen LogP contribution in [0.1, 0.15) is 25.3 Å². The number of morpholine rings is 1. The molecule has 1 saturated carbocycles. The summed E-state index contributed by atoms with van der Waals surface area (Å²) in [7, 11) is 0. The Kier molecular flexibility index (Phi) is 5.04. The van der Waals surface area contributed by atoms with Crippen LogP contribution in [0.2, 0.25) is 5.02 Å². The van der Waals surface area contributed by atoms with E-state index in [0.717, 1.165) is 46.8 Å². The van der Waals surface area contributed by atoms with E-state index in [-0.39, 0.29) is 0 Å². The molecule has 1 aliphatic carbocycles. The summed E-state index contributed by atoms with van der Waals surface area (Å²) < 4.78 is 7.70. The van der Waals surface area contributed by atoms with Gasteiger partial charge in [-0.3, -0.25) is 4.68 Å². The molecule has 0 radical (unpaired) electrons. The highest BCUT2D eigenvalue weighted by molar-refractivity contribution is 6.30. The molecule has 0 bridgehead atoms. The summed E-state index contributed by atoms with van der Waals surface area (Å²) in [5.74, 6) is 0.744. The third kappa shape index (κ3) is 3.53. The van der Waals surface area contributed by atoms with Crippen LogP contribution in [0.3, 0.4) is 0 Å². The van der Waals surface area contributed by atoms with Crippen LogP contribution in [0.4, 0.5) is 5.95 Å². The van der Waals surface area contributed by atoms with E-state index in [0.29, 0.717) is 24.3 Å². The Hall–Kier alpha value is -2.96. The molecule has 3 heterocycles. The van der Waals surface area contributed by atoms with E-state index in [2.05, 4.69) is 32.9 Å². The fraction of sp³-hybridized carbons (Fsp3) is 0.320. The second-order valence-corrected chi connectivity index (χ2v) is 8.92. The van der Waals surface area contributed by atoms with Gasteiger partial charge in [-0.25, -0.2) is 9.97 Å². The molecule has 0 spiro atoms. The molecule has 1 saturated heterocycles. The first-order valence-electron chi connectivity index (χ1n) is 11.2. The second-order valence-electron chi connectivity index (χ2n) is 8.49. The van der Waals surface area contributed by atoms with Gasteiger partial charge in [-0.2, -0.15) is 5.10 Å². The Balaban J connectivity index is 1.49. The Labute approximate surface area is 191 Å². The van der Waals surface area contributed by atoms with Gasteiger partial charge in [0.25, 0.3) is 0 Å². The standard InChI is InChI=1S/C25H24ClN5O/c26-20-8-6-17(7-9-20)22-16-27-25(30-10-12-32-13-11-30)29-24(22)18-4-5-19-15-28-31(23(19)14-18)21-2-1-3-21/h4-9,14-16,21H,1-3,10-13H2. The molecule has 2 aromatic heterocycles. The van der Waals surface area contributed by atoms with Crippen molar-refractivity contribution < 1.29 is 4.74 Å². The van der Waals surface area contributed by atoms with Crippen LogP contribution in [-0.2, 0) is 4.74 Å². The molecule has 0 unspecified atom stereocenters. The number of ether oxygens (including phenoxy) is 1. The van der Waals surface area contributed by atoms with Crippen LogP contribution < -0.4 is 4.90 Å². The van der Waals surface area contributed by atoms with Gasteiger partial charge in [0.1, 0.15) is 0 Å². The van der Waals surface area contributed by atoms with Crippen LogP contribution in [0, 0.1) is 0 Å². The van der Waals surface area contributed by atoms with Crippen molar-refractivity contribution in [2.45, 2.75) is 25.3 Å². The number of anilines is 1. The fourth-order valence-electron chi connectivity index (χ4n) is 4.46. The second kappa shape index (κ2) is 8.19. The van der Waals surface area contributed by atoms with Crippen LogP contribution in [0.5, 0.6) is 0 Å². The van der Waals surface area contributed by atoms with Crippen LogP contribution in [0.15, 0.2) is 54.9 Å². The van der Waals surface area contributed by atoms with Crippen LogP contribution >= 0.6 is 11.6 Å². The number of benzene rings is 2. The Morgan fingerprint density at radius 2 is 1.72 bits per heavy atom. The van der Waals surface area contributed by atoms with Crippen LogP contribution in [-0.4, -0.2) is 46.1 Å². The SMILES string of the molecule is Clc1ccc(-c2cnc(N3CCOCC3)nc2-c2ccc3cnn(C4CCC4)c3c2)cc1. The summed E-state index contributed by atoms with van der Waals surface area (Å²) in [5, 5.41) is 6.56. The quantitative estimate of drug-likeness (QED) is 0.422. The third-order valence-corrected chi connectivity index (χ3v) is 6.77. The molecule has 4 aromatic rings. The largest absolute Gasteiger partial charge is 0.378 e. The molecule has 0 atom stereocenters. The van der Waals surface area contributed by atoms with Crippen molar-refractivity contribution in [3.63, 3.8) is 0 Å². The lowest BCUT2D eigenvalue weighted by atomic mass is 9.93. The zero-order chi connectivity index (χ0) is 21.5. The number of fused-ring (bicyclic) bond motifs is 1. The van der Waals surface area contributed by atoms with Crippen LogP contribution in [0.25, 0.3) is 33.3 Å².